The van der Waals surface area contributed by atoms with Crippen LogP contribution >= 0.6 is 0 Å². The predicted molar refractivity (Wildman–Crippen MR) is 76.8 cm³/mol. The Morgan fingerprint density at radius 1 is 0.895 bits per heavy atom. The van der Waals surface area contributed by atoms with Crippen LogP contribution in [0.1, 0.15) is 72.1 Å². The van der Waals surface area contributed by atoms with Crippen LogP contribution in [-0.4, -0.2) is 21.9 Å². The van der Waals surface area contributed by atoms with E-state index in [-0.39, 0.29) is 11.5 Å². The van der Waals surface area contributed by atoms with Crippen molar-refractivity contribution in [3.8, 4) is 0 Å². The van der Waals surface area contributed by atoms with Crippen LogP contribution < -0.4 is 0 Å². The number of fused-ring (bicyclic) bond motifs is 3. The normalized spacial score (nSPS) is 53.2. The van der Waals surface area contributed by atoms with Gasteiger partial charge in [-0.25, -0.2) is 0 Å². The highest BCUT2D eigenvalue weighted by atomic mass is 16.3. The fourth-order valence-electron chi connectivity index (χ4n) is 6.20. The van der Waals surface area contributed by atoms with Crippen molar-refractivity contribution in [1.82, 2.24) is 0 Å². The first-order chi connectivity index (χ1) is 8.78. The third-order valence-electron chi connectivity index (χ3n) is 6.96. The van der Waals surface area contributed by atoms with Crippen molar-refractivity contribution in [3.05, 3.63) is 0 Å². The second-order valence-corrected chi connectivity index (χ2v) is 8.53. The van der Waals surface area contributed by atoms with Gasteiger partial charge in [-0.1, -0.05) is 27.2 Å². The summed E-state index contributed by atoms with van der Waals surface area (Å²) in [5.74, 6) is 1.15. The average Bonchev–Trinajstić information content (AvgIpc) is 2.25. The number of aliphatic hydroxyl groups excluding tert-OH is 1. The molecule has 0 bridgehead atoms. The topological polar surface area (TPSA) is 40.5 Å². The van der Waals surface area contributed by atoms with Crippen molar-refractivity contribution in [2.45, 2.75) is 83.8 Å². The number of aliphatic hydroxyl groups is 2. The summed E-state index contributed by atoms with van der Waals surface area (Å²) in [6.07, 6.45) is 8.18. The van der Waals surface area contributed by atoms with Crippen LogP contribution in [0.15, 0.2) is 0 Å². The summed E-state index contributed by atoms with van der Waals surface area (Å²) >= 11 is 0. The summed E-state index contributed by atoms with van der Waals surface area (Å²) in [7, 11) is 0. The Bertz CT molecular complexity index is 364. The molecule has 0 saturated heterocycles. The Morgan fingerprint density at radius 3 is 2.37 bits per heavy atom. The predicted octanol–water partition coefficient (Wildman–Crippen LogP) is 3.50. The van der Waals surface area contributed by atoms with Crippen LogP contribution in [0.3, 0.4) is 0 Å². The SMILES string of the molecule is CC1(C)CCC[C@@]2(C)[C@H]1CC[C@@]1(O)C[C@H](O)CC[C@@H]12. The molecule has 0 spiro atoms. The summed E-state index contributed by atoms with van der Waals surface area (Å²) in [5, 5.41) is 21.0. The van der Waals surface area contributed by atoms with Gasteiger partial charge in [0.15, 0.2) is 0 Å². The number of hydrogen-bond donors (Lipinski definition) is 2. The van der Waals surface area contributed by atoms with E-state index < -0.39 is 5.60 Å². The van der Waals surface area contributed by atoms with E-state index in [9.17, 15) is 10.2 Å². The molecule has 2 heteroatoms. The van der Waals surface area contributed by atoms with E-state index in [1.54, 1.807) is 0 Å². The highest BCUT2D eigenvalue weighted by Crippen LogP contribution is 2.64. The van der Waals surface area contributed by atoms with E-state index in [1.165, 1.54) is 19.3 Å². The van der Waals surface area contributed by atoms with Gasteiger partial charge in [-0.3, -0.25) is 0 Å². The smallest absolute Gasteiger partial charge is 0.0705 e. The molecule has 0 aromatic carbocycles. The molecule has 0 aliphatic heterocycles. The van der Waals surface area contributed by atoms with Crippen LogP contribution in [0, 0.1) is 22.7 Å². The summed E-state index contributed by atoms with van der Waals surface area (Å²) in [4.78, 5) is 0. The lowest BCUT2D eigenvalue weighted by Crippen LogP contribution is -2.61. The van der Waals surface area contributed by atoms with E-state index in [0.29, 0.717) is 17.8 Å². The van der Waals surface area contributed by atoms with Crippen LogP contribution in [0.25, 0.3) is 0 Å². The summed E-state index contributed by atoms with van der Waals surface area (Å²) < 4.78 is 0. The molecule has 110 valence electrons. The monoisotopic (exact) mass is 266 g/mol. The Hall–Kier alpha value is -0.0800. The van der Waals surface area contributed by atoms with Gasteiger partial charge in [0.05, 0.1) is 11.7 Å². The molecule has 3 aliphatic rings. The minimum atomic E-state index is -0.587. The summed E-state index contributed by atoms with van der Waals surface area (Å²) in [5.41, 5.74) is 0.121. The van der Waals surface area contributed by atoms with Crippen LogP contribution in [-0.2, 0) is 0 Å². The highest BCUT2D eigenvalue weighted by Gasteiger charge is 2.60. The largest absolute Gasteiger partial charge is 0.393 e. The van der Waals surface area contributed by atoms with E-state index in [2.05, 4.69) is 20.8 Å². The molecule has 0 aromatic rings. The first kappa shape index (κ1) is 13.9. The van der Waals surface area contributed by atoms with Gasteiger partial charge in [-0.05, 0) is 61.2 Å². The lowest BCUT2D eigenvalue weighted by atomic mass is 9.43. The standard InChI is InChI=1S/C17H30O2/c1-15(2)8-4-9-16(3)13(15)7-10-17(19)11-12(18)5-6-14(16)17/h12-14,18-19H,4-11H2,1-3H3/t12-,13+,14-,16+,17-/m1/s1. The van der Waals surface area contributed by atoms with Crippen molar-refractivity contribution in [2.75, 3.05) is 0 Å². The maximum Gasteiger partial charge on any atom is 0.0705 e. The lowest BCUT2D eigenvalue weighted by molar-refractivity contribution is -0.203. The average molecular weight is 266 g/mol. The molecular formula is C17H30O2. The second kappa shape index (κ2) is 4.21. The molecule has 0 heterocycles. The third kappa shape index (κ3) is 1.98. The minimum Gasteiger partial charge on any atom is -0.393 e. The van der Waals surface area contributed by atoms with Gasteiger partial charge in [0.2, 0.25) is 0 Å². The molecule has 0 unspecified atom stereocenters. The molecule has 5 atom stereocenters. The molecule has 0 radical (unpaired) electrons. The van der Waals surface area contributed by atoms with Crippen LogP contribution in [0.5, 0.6) is 0 Å². The van der Waals surface area contributed by atoms with Crippen LogP contribution in [0.4, 0.5) is 0 Å². The van der Waals surface area contributed by atoms with Crippen molar-refractivity contribution < 1.29 is 10.2 Å². The fraction of sp³-hybridized carbons (Fsp3) is 1.00. The molecule has 0 aromatic heterocycles. The van der Waals surface area contributed by atoms with E-state index in [1.807, 2.05) is 0 Å². The van der Waals surface area contributed by atoms with E-state index >= 15 is 0 Å². The zero-order valence-electron chi connectivity index (χ0n) is 12.8. The fourth-order valence-corrected chi connectivity index (χ4v) is 6.20. The van der Waals surface area contributed by atoms with Gasteiger partial charge in [-0.15, -0.1) is 0 Å². The van der Waals surface area contributed by atoms with Crippen molar-refractivity contribution in [2.24, 2.45) is 22.7 Å². The molecule has 2 N–H and O–H groups in total. The molecule has 19 heavy (non-hydrogen) atoms. The maximum atomic E-state index is 11.1. The van der Waals surface area contributed by atoms with Crippen molar-refractivity contribution >= 4 is 0 Å². The van der Waals surface area contributed by atoms with Gasteiger partial charge in [-0.2, -0.15) is 0 Å². The molecule has 3 fully saturated rings. The first-order valence-corrected chi connectivity index (χ1v) is 8.18. The highest BCUT2D eigenvalue weighted by molar-refractivity contribution is 5.10. The Balaban J connectivity index is 1.94. The second-order valence-electron chi connectivity index (χ2n) is 8.53. The molecule has 3 saturated carbocycles. The molecule has 0 amide bonds. The Labute approximate surface area is 117 Å². The van der Waals surface area contributed by atoms with Gasteiger partial charge >= 0.3 is 0 Å². The zero-order chi connectivity index (χ0) is 13.9. The van der Waals surface area contributed by atoms with Gasteiger partial charge in [0.1, 0.15) is 0 Å². The maximum absolute atomic E-state index is 11.1. The van der Waals surface area contributed by atoms with Crippen LogP contribution in [0.2, 0.25) is 0 Å². The Morgan fingerprint density at radius 2 is 1.63 bits per heavy atom. The van der Waals surface area contributed by atoms with E-state index in [4.69, 9.17) is 0 Å². The molecule has 3 aliphatic carbocycles. The third-order valence-corrected chi connectivity index (χ3v) is 6.96. The summed E-state index contributed by atoms with van der Waals surface area (Å²) in [6.45, 7) is 7.29. The van der Waals surface area contributed by atoms with Gasteiger partial charge < -0.3 is 10.2 Å². The van der Waals surface area contributed by atoms with Gasteiger partial charge in [0, 0.05) is 6.42 Å². The molecule has 3 rings (SSSR count). The molecule has 2 nitrogen and oxygen atoms in total. The number of rotatable bonds is 0. The van der Waals surface area contributed by atoms with Crippen molar-refractivity contribution in [3.63, 3.8) is 0 Å². The Kier molecular flexibility index (Phi) is 3.07. The van der Waals surface area contributed by atoms with Crippen molar-refractivity contribution in [1.29, 1.82) is 0 Å². The quantitative estimate of drug-likeness (QED) is 0.704. The zero-order valence-corrected chi connectivity index (χ0v) is 12.8. The first-order valence-electron chi connectivity index (χ1n) is 8.18. The lowest BCUT2D eigenvalue weighted by Gasteiger charge is -2.63. The van der Waals surface area contributed by atoms with E-state index in [0.717, 1.165) is 31.6 Å². The number of hydrogen-bond acceptors (Lipinski definition) is 2. The summed E-state index contributed by atoms with van der Waals surface area (Å²) in [6, 6.07) is 0. The van der Waals surface area contributed by atoms with Gasteiger partial charge in [0.25, 0.3) is 0 Å². The molecular weight excluding hydrogens is 236 g/mol. The minimum absolute atomic E-state index is 0.280.